The van der Waals surface area contributed by atoms with Crippen LogP contribution in [-0.4, -0.2) is 11.7 Å². The van der Waals surface area contributed by atoms with E-state index in [1.165, 1.54) is 6.08 Å². The topological polar surface area (TPSA) is 20.2 Å². The Kier molecular flexibility index (Phi) is 10.3. The van der Waals surface area contributed by atoms with Gasteiger partial charge in [-0.15, -0.1) is 0 Å². The lowest BCUT2D eigenvalue weighted by molar-refractivity contribution is 0.333. The van der Waals surface area contributed by atoms with Gasteiger partial charge in [0.05, 0.1) is 6.61 Å². The molecule has 0 aromatic rings. The molecule has 2 heteroatoms. The van der Waals surface area contributed by atoms with Crippen molar-refractivity contribution in [2.45, 2.75) is 27.7 Å². The molecule has 1 N–H and O–H groups in total. The molecule has 76 valence electrons. The molecule has 0 heterocycles. The van der Waals surface area contributed by atoms with E-state index in [4.69, 9.17) is 5.11 Å². The van der Waals surface area contributed by atoms with Crippen LogP contribution in [0.3, 0.4) is 0 Å². The summed E-state index contributed by atoms with van der Waals surface area (Å²) in [6, 6.07) is 0. The lowest BCUT2D eigenvalue weighted by Crippen LogP contribution is -1.89. The third-order valence-corrected chi connectivity index (χ3v) is 1.32. The first-order valence-electron chi connectivity index (χ1n) is 4.38. The number of hydrogen-bond donors (Lipinski definition) is 1. The maximum Gasteiger partial charge on any atom is 0.122 e. The van der Waals surface area contributed by atoms with E-state index < -0.39 is 5.83 Å². The van der Waals surface area contributed by atoms with Crippen molar-refractivity contribution in [3.63, 3.8) is 0 Å². The van der Waals surface area contributed by atoms with Gasteiger partial charge in [-0.25, -0.2) is 4.39 Å². The summed E-state index contributed by atoms with van der Waals surface area (Å²) >= 11 is 0. The van der Waals surface area contributed by atoms with Gasteiger partial charge in [0, 0.05) is 0 Å². The molecule has 0 radical (unpaired) electrons. The predicted octanol–water partition coefficient (Wildman–Crippen LogP) is 3.38. The fourth-order valence-corrected chi connectivity index (χ4v) is 0.573. The molecule has 1 nitrogen and oxygen atoms in total. The van der Waals surface area contributed by atoms with Crippen LogP contribution in [0.1, 0.15) is 27.7 Å². The number of aliphatic hydroxyl groups is 1. The van der Waals surface area contributed by atoms with Crippen molar-refractivity contribution < 1.29 is 9.50 Å². The fourth-order valence-electron chi connectivity index (χ4n) is 0.573. The summed E-state index contributed by atoms with van der Waals surface area (Å²) in [4.78, 5) is 0. The highest BCUT2D eigenvalue weighted by Gasteiger charge is 1.94. The summed E-state index contributed by atoms with van der Waals surface area (Å²) in [7, 11) is 0. The molecule has 0 aliphatic carbocycles. The average molecular weight is 186 g/mol. The van der Waals surface area contributed by atoms with Gasteiger partial charge in [0.25, 0.3) is 0 Å². The van der Waals surface area contributed by atoms with Crippen molar-refractivity contribution in [3.05, 3.63) is 35.7 Å². The van der Waals surface area contributed by atoms with Crippen LogP contribution in [0.5, 0.6) is 0 Å². The first kappa shape index (κ1) is 14.6. The Morgan fingerprint density at radius 2 is 1.85 bits per heavy atom. The minimum Gasteiger partial charge on any atom is -0.392 e. The third-order valence-electron chi connectivity index (χ3n) is 1.32. The van der Waals surface area contributed by atoms with E-state index in [1.807, 2.05) is 27.7 Å². The SMILES string of the molecule is C=C/C(F)=C\C(CO)=C(C)C.CC. The zero-order chi connectivity index (χ0) is 10.9. The lowest BCUT2D eigenvalue weighted by Gasteiger charge is -1.98. The molecule has 0 aromatic carbocycles. The molecule has 0 unspecified atom stereocenters. The normalized spacial score (nSPS) is 9.85. The Hall–Kier alpha value is -0.890. The molecule has 0 spiro atoms. The number of rotatable bonds is 3. The molecule has 0 atom stereocenters. The highest BCUT2D eigenvalue weighted by atomic mass is 19.1. The van der Waals surface area contributed by atoms with E-state index in [2.05, 4.69) is 6.58 Å². The summed E-state index contributed by atoms with van der Waals surface area (Å²) in [5.41, 5.74) is 1.51. The Balaban J connectivity index is 0. The minimum absolute atomic E-state index is 0.135. The summed E-state index contributed by atoms with van der Waals surface area (Å²) in [5, 5.41) is 8.74. The Bertz CT molecular complexity index is 198. The van der Waals surface area contributed by atoms with Crippen LogP contribution in [0, 0.1) is 0 Å². The first-order valence-corrected chi connectivity index (χ1v) is 4.38. The van der Waals surface area contributed by atoms with E-state index in [-0.39, 0.29) is 6.61 Å². The van der Waals surface area contributed by atoms with Crippen molar-refractivity contribution in [1.29, 1.82) is 0 Å². The zero-order valence-corrected chi connectivity index (χ0v) is 8.89. The van der Waals surface area contributed by atoms with Gasteiger partial charge in [-0.1, -0.05) is 26.0 Å². The second kappa shape index (κ2) is 9.20. The van der Waals surface area contributed by atoms with Crippen LogP contribution in [0.4, 0.5) is 4.39 Å². The standard InChI is InChI=1S/C9H13FO.C2H6/c1-4-9(10)5-8(6-11)7(2)3;1-2/h4-5,11H,1,6H2,2-3H3;1-2H3/b9-5+;. The highest BCUT2D eigenvalue weighted by molar-refractivity contribution is 5.28. The van der Waals surface area contributed by atoms with E-state index >= 15 is 0 Å². The monoisotopic (exact) mass is 186 g/mol. The molecule has 0 aromatic heterocycles. The molecule has 0 saturated carbocycles. The predicted molar refractivity (Wildman–Crippen MR) is 56.2 cm³/mol. The lowest BCUT2D eigenvalue weighted by atomic mass is 10.1. The van der Waals surface area contributed by atoms with Crippen LogP contribution >= 0.6 is 0 Å². The smallest absolute Gasteiger partial charge is 0.122 e. The number of hydrogen-bond acceptors (Lipinski definition) is 1. The number of halogens is 1. The Labute approximate surface area is 80.3 Å². The van der Waals surface area contributed by atoms with Crippen molar-refractivity contribution in [3.8, 4) is 0 Å². The van der Waals surface area contributed by atoms with Crippen LogP contribution in [0.15, 0.2) is 35.7 Å². The molecule has 0 rings (SSSR count). The van der Waals surface area contributed by atoms with Crippen molar-refractivity contribution in [1.82, 2.24) is 0 Å². The van der Waals surface area contributed by atoms with E-state index in [0.717, 1.165) is 11.6 Å². The summed E-state index contributed by atoms with van der Waals surface area (Å²) in [6.45, 7) is 10.8. The molecule has 0 saturated heterocycles. The van der Waals surface area contributed by atoms with Gasteiger partial charge in [-0.05, 0) is 31.6 Å². The Morgan fingerprint density at radius 3 is 2.08 bits per heavy atom. The van der Waals surface area contributed by atoms with Gasteiger partial charge < -0.3 is 5.11 Å². The van der Waals surface area contributed by atoms with Crippen molar-refractivity contribution in [2.24, 2.45) is 0 Å². The van der Waals surface area contributed by atoms with E-state index in [0.29, 0.717) is 5.57 Å². The molecule has 0 bridgehead atoms. The first-order chi connectivity index (χ1) is 6.11. The Morgan fingerprint density at radius 1 is 1.38 bits per heavy atom. The third kappa shape index (κ3) is 7.47. The molecular weight excluding hydrogens is 167 g/mol. The van der Waals surface area contributed by atoms with Gasteiger partial charge in [-0.3, -0.25) is 0 Å². The molecule has 13 heavy (non-hydrogen) atoms. The fraction of sp³-hybridized carbons (Fsp3) is 0.455. The molecule has 0 aliphatic heterocycles. The quantitative estimate of drug-likeness (QED) is 0.670. The van der Waals surface area contributed by atoms with Crippen molar-refractivity contribution in [2.75, 3.05) is 6.61 Å². The molecule has 0 amide bonds. The second-order valence-corrected chi connectivity index (χ2v) is 2.42. The second-order valence-electron chi connectivity index (χ2n) is 2.42. The molecule has 0 fully saturated rings. The summed E-state index contributed by atoms with van der Waals surface area (Å²) < 4.78 is 12.5. The van der Waals surface area contributed by atoms with Gasteiger partial charge in [-0.2, -0.15) is 0 Å². The van der Waals surface area contributed by atoms with Crippen LogP contribution in [-0.2, 0) is 0 Å². The largest absolute Gasteiger partial charge is 0.392 e. The highest BCUT2D eigenvalue weighted by Crippen LogP contribution is 2.08. The van der Waals surface area contributed by atoms with Gasteiger partial charge >= 0.3 is 0 Å². The van der Waals surface area contributed by atoms with Gasteiger partial charge in [0.1, 0.15) is 5.83 Å². The van der Waals surface area contributed by atoms with Crippen LogP contribution in [0.2, 0.25) is 0 Å². The van der Waals surface area contributed by atoms with Crippen molar-refractivity contribution >= 4 is 0 Å². The van der Waals surface area contributed by atoms with Crippen LogP contribution < -0.4 is 0 Å². The minimum atomic E-state index is -0.421. The number of allylic oxidation sites excluding steroid dienone is 3. The molecular formula is C11H19FO. The maximum atomic E-state index is 12.5. The summed E-state index contributed by atoms with van der Waals surface area (Å²) in [6.07, 6.45) is 2.39. The van der Waals surface area contributed by atoms with E-state index in [1.54, 1.807) is 0 Å². The maximum absolute atomic E-state index is 12.5. The van der Waals surface area contributed by atoms with Gasteiger partial charge in [0.2, 0.25) is 0 Å². The average Bonchev–Trinajstić information content (AvgIpc) is 2.16. The molecule has 0 aliphatic rings. The van der Waals surface area contributed by atoms with Crippen LogP contribution in [0.25, 0.3) is 0 Å². The van der Waals surface area contributed by atoms with Gasteiger partial charge in [0.15, 0.2) is 0 Å². The van der Waals surface area contributed by atoms with E-state index in [9.17, 15) is 4.39 Å². The zero-order valence-electron chi connectivity index (χ0n) is 8.89. The summed E-state index contributed by atoms with van der Waals surface area (Å²) in [5.74, 6) is -0.421. The number of aliphatic hydroxyl groups excluding tert-OH is 1.